The van der Waals surface area contributed by atoms with E-state index in [1.165, 1.54) is 12.8 Å². The van der Waals surface area contributed by atoms with E-state index in [-0.39, 0.29) is 0 Å². The first-order chi connectivity index (χ1) is 9.40. The molecule has 1 aliphatic rings. The molecule has 112 valence electrons. The fourth-order valence-corrected chi connectivity index (χ4v) is 2.93. The maximum Gasteiger partial charge on any atom is 0.224 e. The molecule has 0 spiro atoms. The Kier molecular flexibility index (Phi) is 4.51. The third-order valence-electron chi connectivity index (χ3n) is 4.22. The second-order valence-corrected chi connectivity index (χ2v) is 6.85. The lowest BCUT2D eigenvalue weighted by Gasteiger charge is -2.39. The Hall–Kier alpha value is -1.32. The Labute approximate surface area is 123 Å². The summed E-state index contributed by atoms with van der Waals surface area (Å²) in [5.41, 5.74) is 1.45. The van der Waals surface area contributed by atoms with Crippen LogP contribution in [0.4, 0.5) is 11.8 Å². The Bertz CT molecular complexity index is 442. The van der Waals surface area contributed by atoms with Crippen LogP contribution in [0.25, 0.3) is 0 Å². The molecule has 0 aliphatic carbocycles. The maximum absolute atomic E-state index is 4.64. The van der Waals surface area contributed by atoms with Gasteiger partial charge in [0.05, 0.1) is 0 Å². The van der Waals surface area contributed by atoms with Gasteiger partial charge in [-0.2, -0.15) is 4.98 Å². The maximum atomic E-state index is 4.64. The van der Waals surface area contributed by atoms with E-state index in [1.54, 1.807) is 0 Å². The quantitative estimate of drug-likeness (QED) is 0.917. The predicted molar refractivity (Wildman–Crippen MR) is 85.3 cm³/mol. The van der Waals surface area contributed by atoms with E-state index in [0.29, 0.717) is 5.41 Å². The Morgan fingerprint density at radius 2 is 1.90 bits per heavy atom. The van der Waals surface area contributed by atoms with Crippen molar-refractivity contribution < 1.29 is 0 Å². The van der Waals surface area contributed by atoms with Crippen LogP contribution in [0.1, 0.15) is 46.2 Å². The zero-order chi connectivity index (χ0) is 14.8. The minimum atomic E-state index is 0.419. The zero-order valence-electron chi connectivity index (χ0n) is 13.5. The van der Waals surface area contributed by atoms with Crippen molar-refractivity contribution >= 4 is 11.8 Å². The summed E-state index contributed by atoms with van der Waals surface area (Å²) in [6.07, 6.45) is 2.51. The van der Waals surface area contributed by atoms with Crippen LogP contribution in [0, 0.1) is 18.3 Å². The SMILES string of the molecule is CCNc1nc(C)cc(N2CCC(C(C)(C)C)CC2)n1. The Morgan fingerprint density at radius 1 is 1.25 bits per heavy atom. The molecule has 2 rings (SSSR count). The smallest absolute Gasteiger partial charge is 0.224 e. The zero-order valence-corrected chi connectivity index (χ0v) is 13.5. The summed E-state index contributed by atoms with van der Waals surface area (Å²) < 4.78 is 0. The van der Waals surface area contributed by atoms with Gasteiger partial charge in [0, 0.05) is 31.4 Å². The molecular weight excluding hydrogens is 248 g/mol. The van der Waals surface area contributed by atoms with E-state index in [9.17, 15) is 0 Å². The summed E-state index contributed by atoms with van der Waals surface area (Å²) in [5, 5.41) is 3.21. The molecule has 0 amide bonds. The number of piperidine rings is 1. The van der Waals surface area contributed by atoms with Gasteiger partial charge in [0.15, 0.2) is 0 Å². The first-order valence-corrected chi connectivity index (χ1v) is 7.74. The summed E-state index contributed by atoms with van der Waals surface area (Å²) >= 11 is 0. The molecule has 1 aliphatic heterocycles. The summed E-state index contributed by atoms with van der Waals surface area (Å²) in [6.45, 7) is 14.2. The number of aromatic nitrogens is 2. The molecule has 1 aromatic heterocycles. The van der Waals surface area contributed by atoms with E-state index in [0.717, 1.165) is 43.0 Å². The van der Waals surface area contributed by atoms with Crippen LogP contribution in [-0.2, 0) is 0 Å². The van der Waals surface area contributed by atoms with Crippen LogP contribution in [0.2, 0.25) is 0 Å². The molecule has 1 fully saturated rings. The average Bonchev–Trinajstić information content (AvgIpc) is 2.37. The van der Waals surface area contributed by atoms with Gasteiger partial charge in [-0.15, -0.1) is 0 Å². The first-order valence-electron chi connectivity index (χ1n) is 7.74. The van der Waals surface area contributed by atoms with Crippen molar-refractivity contribution in [3.05, 3.63) is 11.8 Å². The number of rotatable bonds is 3. The average molecular weight is 276 g/mol. The summed E-state index contributed by atoms with van der Waals surface area (Å²) in [4.78, 5) is 11.5. The highest BCUT2D eigenvalue weighted by Gasteiger charge is 2.29. The van der Waals surface area contributed by atoms with Crippen molar-refractivity contribution in [3.8, 4) is 0 Å². The first kappa shape index (κ1) is 15.1. The highest BCUT2D eigenvalue weighted by Crippen LogP contribution is 2.35. The normalized spacial score (nSPS) is 17.4. The second kappa shape index (κ2) is 5.98. The van der Waals surface area contributed by atoms with Crippen molar-refractivity contribution in [2.75, 3.05) is 29.9 Å². The fourth-order valence-electron chi connectivity index (χ4n) is 2.93. The van der Waals surface area contributed by atoms with Crippen LogP contribution < -0.4 is 10.2 Å². The number of aryl methyl sites for hydroxylation is 1. The summed E-state index contributed by atoms with van der Waals surface area (Å²) in [6, 6.07) is 2.10. The van der Waals surface area contributed by atoms with Crippen molar-refractivity contribution in [2.24, 2.45) is 11.3 Å². The van der Waals surface area contributed by atoms with E-state index in [2.05, 4.69) is 53.9 Å². The van der Waals surface area contributed by atoms with E-state index in [1.807, 2.05) is 6.92 Å². The molecule has 4 nitrogen and oxygen atoms in total. The summed E-state index contributed by atoms with van der Waals surface area (Å²) in [7, 11) is 0. The lowest BCUT2D eigenvalue weighted by Crippen LogP contribution is -2.38. The van der Waals surface area contributed by atoms with Crippen LogP contribution in [0.15, 0.2) is 6.07 Å². The fraction of sp³-hybridized carbons (Fsp3) is 0.750. The van der Waals surface area contributed by atoms with Gasteiger partial charge >= 0.3 is 0 Å². The van der Waals surface area contributed by atoms with E-state index < -0.39 is 0 Å². The van der Waals surface area contributed by atoms with Gasteiger partial charge in [-0.05, 0) is 38.0 Å². The lowest BCUT2D eigenvalue weighted by atomic mass is 9.75. The molecule has 0 radical (unpaired) electrons. The number of nitrogens with one attached hydrogen (secondary N) is 1. The number of anilines is 2. The molecule has 4 heteroatoms. The molecule has 0 saturated carbocycles. The minimum absolute atomic E-state index is 0.419. The standard InChI is InChI=1S/C16H28N4/c1-6-17-15-18-12(2)11-14(19-15)20-9-7-13(8-10-20)16(3,4)5/h11,13H,6-10H2,1-5H3,(H,17,18,19). The molecule has 1 saturated heterocycles. The van der Waals surface area contributed by atoms with Crippen LogP contribution >= 0.6 is 0 Å². The topological polar surface area (TPSA) is 41.1 Å². The Balaban J connectivity index is 2.07. The van der Waals surface area contributed by atoms with E-state index >= 15 is 0 Å². The van der Waals surface area contributed by atoms with Gasteiger partial charge in [-0.1, -0.05) is 20.8 Å². The molecule has 0 unspecified atom stereocenters. The number of nitrogens with zero attached hydrogens (tertiary/aromatic N) is 3. The monoisotopic (exact) mass is 276 g/mol. The Morgan fingerprint density at radius 3 is 2.45 bits per heavy atom. The van der Waals surface area contributed by atoms with Crippen molar-refractivity contribution in [2.45, 2.75) is 47.5 Å². The molecular formula is C16H28N4. The van der Waals surface area contributed by atoms with Crippen molar-refractivity contribution in [3.63, 3.8) is 0 Å². The highest BCUT2D eigenvalue weighted by atomic mass is 15.2. The van der Waals surface area contributed by atoms with Gasteiger partial charge < -0.3 is 10.2 Å². The van der Waals surface area contributed by atoms with E-state index in [4.69, 9.17) is 0 Å². The van der Waals surface area contributed by atoms with Gasteiger partial charge in [0.1, 0.15) is 5.82 Å². The molecule has 1 N–H and O–H groups in total. The van der Waals surface area contributed by atoms with Crippen LogP contribution in [0.3, 0.4) is 0 Å². The third kappa shape index (κ3) is 3.62. The minimum Gasteiger partial charge on any atom is -0.356 e. The molecule has 2 heterocycles. The van der Waals surface area contributed by atoms with Crippen molar-refractivity contribution in [1.82, 2.24) is 9.97 Å². The molecule has 0 atom stereocenters. The van der Waals surface area contributed by atoms with Crippen LogP contribution in [-0.4, -0.2) is 29.6 Å². The van der Waals surface area contributed by atoms with Crippen LogP contribution in [0.5, 0.6) is 0 Å². The number of hydrogen-bond acceptors (Lipinski definition) is 4. The van der Waals surface area contributed by atoms with Gasteiger partial charge in [0.25, 0.3) is 0 Å². The molecule has 0 aromatic carbocycles. The number of hydrogen-bond donors (Lipinski definition) is 1. The molecule has 0 bridgehead atoms. The third-order valence-corrected chi connectivity index (χ3v) is 4.22. The lowest BCUT2D eigenvalue weighted by molar-refractivity contribution is 0.198. The van der Waals surface area contributed by atoms with Crippen molar-refractivity contribution in [1.29, 1.82) is 0 Å². The van der Waals surface area contributed by atoms with Gasteiger partial charge in [0.2, 0.25) is 5.95 Å². The second-order valence-electron chi connectivity index (χ2n) is 6.85. The van der Waals surface area contributed by atoms with Gasteiger partial charge in [-0.3, -0.25) is 0 Å². The molecule has 20 heavy (non-hydrogen) atoms. The summed E-state index contributed by atoms with van der Waals surface area (Å²) in [5.74, 6) is 2.64. The van der Waals surface area contributed by atoms with Gasteiger partial charge in [-0.25, -0.2) is 4.98 Å². The molecule has 1 aromatic rings. The largest absolute Gasteiger partial charge is 0.356 e. The highest BCUT2D eigenvalue weighted by molar-refractivity contribution is 5.45. The predicted octanol–water partition coefficient (Wildman–Crippen LogP) is 3.48.